The topological polar surface area (TPSA) is 146 Å². The molecule has 52 heavy (non-hydrogen) atoms. The zero-order valence-corrected chi connectivity index (χ0v) is 31.1. The fourth-order valence-electron chi connectivity index (χ4n) is 7.45. The molecule has 6 rings (SSSR count). The van der Waals surface area contributed by atoms with Crippen molar-refractivity contribution >= 4 is 35.7 Å². The standard InChI is InChI=1S/C40H48N2O10/c1-37(2,3)51-35(47)41-27(17-39(7)19-31(39)41)33(45)49-21-29(43)25-13-9-23(10-14-25)24-11-15-26(16-12-24)30(44)22-50-34(46)28-18-40(8)20-32(40)42(28)36(48)52-38(4,5)6/h9-16,27-28,31-32H,17-22H2,1-8H3/t27-,28-,31+,32+,39-,40-/m0/s1. The van der Waals surface area contributed by atoms with E-state index < -0.39 is 60.6 Å². The quantitative estimate of drug-likeness (QED) is 0.163. The summed E-state index contributed by atoms with van der Waals surface area (Å²) in [6, 6.07) is 11.8. The Hall–Kier alpha value is -4.74. The first-order valence-electron chi connectivity index (χ1n) is 17.8. The monoisotopic (exact) mass is 716 g/mol. The number of amides is 2. The van der Waals surface area contributed by atoms with Crippen LogP contribution in [0.3, 0.4) is 0 Å². The van der Waals surface area contributed by atoms with Crippen molar-refractivity contribution in [2.45, 2.75) is 116 Å². The predicted octanol–water partition coefficient (Wildman–Crippen LogP) is 6.38. The van der Waals surface area contributed by atoms with Gasteiger partial charge in [0.15, 0.2) is 24.8 Å². The number of piperidine rings is 2. The second kappa shape index (κ2) is 13.0. The Bertz CT molecular complexity index is 1660. The number of likely N-dealkylation sites (tertiary alicyclic amines) is 2. The van der Waals surface area contributed by atoms with Crippen LogP contribution in [-0.2, 0) is 28.5 Å². The molecule has 2 heterocycles. The summed E-state index contributed by atoms with van der Waals surface area (Å²) >= 11 is 0. The van der Waals surface area contributed by atoms with E-state index in [1.165, 1.54) is 9.80 Å². The Kier molecular flexibility index (Phi) is 9.28. The maximum absolute atomic E-state index is 13.0. The number of ether oxygens (including phenoxy) is 4. The summed E-state index contributed by atoms with van der Waals surface area (Å²) in [7, 11) is 0. The third-order valence-corrected chi connectivity index (χ3v) is 10.5. The molecule has 2 saturated carbocycles. The number of hydrogen-bond acceptors (Lipinski definition) is 10. The van der Waals surface area contributed by atoms with Crippen molar-refractivity contribution in [2.24, 2.45) is 10.8 Å². The molecule has 4 fully saturated rings. The van der Waals surface area contributed by atoms with Gasteiger partial charge in [0.05, 0.1) is 0 Å². The SMILES string of the molecule is CC(C)(C)OC(=O)N1[C@H](C(=O)OCC(=O)c2ccc(-c3ccc(C(=O)COC(=O)[C@@H]4C[C@@]5(C)C[C@H]5N4C(=O)OC(C)(C)C)cc3)cc2)C[C@@]2(C)C[C@@H]12. The van der Waals surface area contributed by atoms with Crippen molar-refractivity contribution < 1.29 is 47.7 Å². The van der Waals surface area contributed by atoms with Crippen molar-refractivity contribution in [2.75, 3.05) is 13.2 Å². The largest absolute Gasteiger partial charge is 0.456 e. The number of carbonyl (C=O) groups is 6. The summed E-state index contributed by atoms with van der Waals surface area (Å²) in [5.74, 6) is -2.01. The van der Waals surface area contributed by atoms with Gasteiger partial charge in [0, 0.05) is 23.2 Å². The van der Waals surface area contributed by atoms with Gasteiger partial charge in [-0.2, -0.15) is 0 Å². The van der Waals surface area contributed by atoms with Gasteiger partial charge in [-0.25, -0.2) is 19.2 Å². The molecule has 12 nitrogen and oxygen atoms in total. The number of Topliss-reactive ketones (excluding diaryl/α,β-unsaturated/α-hetero) is 2. The first-order chi connectivity index (χ1) is 24.2. The molecule has 0 N–H and O–H groups in total. The Morgan fingerprint density at radius 3 is 1.21 bits per heavy atom. The molecule has 0 radical (unpaired) electrons. The number of fused-ring (bicyclic) bond motifs is 2. The van der Waals surface area contributed by atoms with Gasteiger partial charge < -0.3 is 18.9 Å². The van der Waals surface area contributed by atoms with Gasteiger partial charge >= 0.3 is 24.1 Å². The lowest BCUT2D eigenvalue weighted by atomic mass is 10.0. The molecular weight excluding hydrogens is 668 g/mol. The number of ketones is 2. The van der Waals surface area contributed by atoms with E-state index in [0.29, 0.717) is 24.0 Å². The number of esters is 2. The molecule has 2 aromatic carbocycles. The molecule has 2 aliphatic carbocycles. The summed E-state index contributed by atoms with van der Waals surface area (Å²) < 4.78 is 21.9. The molecule has 2 saturated heterocycles. The van der Waals surface area contributed by atoms with Crippen LogP contribution in [0.1, 0.15) is 102 Å². The van der Waals surface area contributed by atoms with E-state index in [2.05, 4.69) is 0 Å². The molecule has 0 aromatic heterocycles. The highest BCUT2D eigenvalue weighted by atomic mass is 16.6. The molecule has 4 aliphatic rings. The van der Waals surface area contributed by atoms with Crippen LogP contribution >= 0.6 is 0 Å². The lowest BCUT2D eigenvalue weighted by Crippen LogP contribution is -2.46. The second-order valence-electron chi connectivity index (χ2n) is 17.2. The lowest BCUT2D eigenvalue weighted by Gasteiger charge is -2.29. The second-order valence-corrected chi connectivity index (χ2v) is 17.2. The first kappa shape index (κ1) is 37.0. The number of carbonyl (C=O) groups excluding carboxylic acids is 6. The van der Waals surface area contributed by atoms with Gasteiger partial charge in [0.25, 0.3) is 0 Å². The van der Waals surface area contributed by atoms with Crippen LogP contribution in [-0.4, -0.2) is 94.1 Å². The normalized spacial score (nSPS) is 27.2. The Balaban J connectivity index is 0.993. The van der Waals surface area contributed by atoms with Crippen LogP contribution in [0.4, 0.5) is 9.59 Å². The lowest BCUT2D eigenvalue weighted by molar-refractivity contribution is -0.148. The fourth-order valence-corrected chi connectivity index (χ4v) is 7.45. The summed E-state index contributed by atoms with van der Waals surface area (Å²) in [6.07, 6.45) is 1.41. The van der Waals surface area contributed by atoms with Crippen LogP contribution in [0.25, 0.3) is 11.1 Å². The van der Waals surface area contributed by atoms with E-state index in [9.17, 15) is 28.8 Å². The maximum Gasteiger partial charge on any atom is 0.411 e. The molecule has 0 unspecified atom stereocenters. The van der Waals surface area contributed by atoms with Gasteiger partial charge in [-0.15, -0.1) is 0 Å². The smallest absolute Gasteiger partial charge is 0.411 e. The number of hydrogen-bond donors (Lipinski definition) is 0. The van der Waals surface area contributed by atoms with Gasteiger partial charge in [0.1, 0.15) is 23.3 Å². The van der Waals surface area contributed by atoms with E-state index in [4.69, 9.17) is 18.9 Å². The number of nitrogens with zero attached hydrogens (tertiary/aromatic N) is 2. The minimum atomic E-state index is -0.799. The van der Waals surface area contributed by atoms with Gasteiger partial charge in [-0.1, -0.05) is 62.4 Å². The zero-order chi connectivity index (χ0) is 38.0. The van der Waals surface area contributed by atoms with Gasteiger partial charge in [-0.05, 0) is 89.2 Å². The average Bonchev–Trinajstić information content (AvgIpc) is 3.84. The van der Waals surface area contributed by atoms with Crippen molar-refractivity contribution in [3.8, 4) is 11.1 Å². The average molecular weight is 717 g/mol. The zero-order valence-electron chi connectivity index (χ0n) is 31.1. The molecule has 2 aliphatic heterocycles. The fraction of sp³-hybridized carbons (Fsp3) is 0.550. The molecule has 278 valence electrons. The molecule has 0 bridgehead atoms. The molecule has 2 aromatic rings. The highest BCUT2D eigenvalue weighted by Crippen LogP contribution is 2.60. The van der Waals surface area contributed by atoms with Crippen molar-refractivity contribution in [1.29, 1.82) is 0 Å². The van der Waals surface area contributed by atoms with Crippen molar-refractivity contribution in [3.05, 3.63) is 59.7 Å². The third kappa shape index (κ3) is 7.71. The molecule has 2 amide bonds. The van der Waals surface area contributed by atoms with Gasteiger partial charge in [0.2, 0.25) is 0 Å². The van der Waals surface area contributed by atoms with E-state index in [1.807, 2.05) is 13.8 Å². The summed E-state index contributed by atoms with van der Waals surface area (Å²) in [5.41, 5.74) is 0.576. The number of rotatable bonds is 9. The third-order valence-electron chi connectivity index (χ3n) is 10.5. The maximum atomic E-state index is 13.0. The summed E-state index contributed by atoms with van der Waals surface area (Å²) in [6.45, 7) is 13.8. The summed E-state index contributed by atoms with van der Waals surface area (Å²) in [5, 5.41) is 0. The Morgan fingerprint density at radius 1 is 0.577 bits per heavy atom. The minimum absolute atomic E-state index is 0.0811. The van der Waals surface area contributed by atoms with Crippen LogP contribution in [0.5, 0.6) is 0 Å². The highest BCUT2D eigenvalue weighted by Gasteiger charge is 2.66. The predicted molar refractivity (Wildman–Crippen MR) is 188 cm³/mol. The van der Waals surface area contributed by atoms with Gasteiger partial charge in [-0.3, -0.25) is 19.4 Å². The molecule has 6 atom stereocenters. The van der Waals surface area contributed by atoms with Crippen molar-refractivity contribution in [1.82, 2.24) is 9.80 Å². The van der Waals surface area contributed by atoms with Crippen LogP contribution in [0, 0.1) is 10.8 Å². The Morgan fingerprint density at radius 2 is 0.904 bits per heavy atom. The van der Waals surface area contributed by atoms with E-state index in [-0.39, 0.29) is 34.5 Å². The Labute approximate surface area is 304 Å². The van der Waals surface area contributed by atoms with E-state index in [0.717, 1.165) is 24.0 Å². The van der Waals surface area contributed by atoms with E-state index in [1.54, 1.807) is 90.1 Å². The molecular formula is C40H48N2O10. The van der Waals surface area contributed by atoms with Crippen molar-refractivity contribution in [3.63, 3.8) is 0 Å². The van der Waals surface area contributed by atoms with Crippen LogP contribution in [0.15, 0.2) is 48.5 Å². The molecule has 12 heteroatoms. The summed E-state index contributed by atoms with van der Waals surface area (Å²) in [4.78, 5) is 80.6. The van der Waals surface area contributed by atoms with Crippen LogP contribution in [0.2, 0.25) is 0 Å². The molecule has 0 spiro atoms. The number of benzene rings is 2. The minimum Gasteiger partial charge on any atom is -0.456 e. The highest BCUT2D eigenvalue weighted by molar-refractivity contribution is 6.00. The van der Waals surface area contributed by atoms with E-state index >= 15 is 0 Å². The van der Waals surface area contributed by atoms with Crippen LogP contribution < -0.4 is 0 Å². The first-order valence-corrected chi connectivity index (χ1v) is 17.8.